The molecule has 0 spiro atoms. The van der Waals surface area contributed by atoms with Crippen molar-refractivity contribution in [1.29, 1.82) is 0 Å². The number of nitrogens with zero attached hydrogens (tertiary/aromatic N) is 3. The van der Waals surface area contributed by atoms with Crippen molar-refractivity contribution >= 4 is 18.2 Å². The van der Waals surface area contributed by atoms with Gasteiger partial charge in [0.05, 0.1) is 5.69 Å². The third-order valence-electron chi connectivity index (χ3n) is 3.27. The first-order chi connectivity index (χ1) is 9.26. The Hall–Kier alpha value is -1.08. The Morgan fingerprint density at radius 3 is 2.74 bits per heavy atom. The summed E-state index contributed by atoms with van der Waals surface area (Å²) in [6, 6.07) is 0. The van der Waals surface area contributed by atoms with Crippen LogP contribution in [0.2, 0.25) is 0 Å². The molecule has 1 saturated heterocycles. The van der Waals surface area contributed by atoms with E-state index in [2.05, 4.69) is 4.98 Å². The van der Waals surface area contributed by atoms with E-state index in [9.17, 15) is 8.68 Å². The van der Waals surface area contributed by atoms with Gasteiger partial charge >= 0.3 is 5.56 Å². The predicted octanol–water partition coefficient (Wildman–Crippen LogP) is 1.51. The van der Waals surface area contributed by atoms with Crippen molar-refractivity contribution in [3.8, 4) is 0 Å². The summed E-state index contributed by atoms with van der Waals surface area (Å²) in [6.45, 7) is 2.20. The summed E-state index contributed by atoms with van der Waals surface area (Å²) in [6.07, 6.45) is 6.19. The Bertz CT molecular complexity index is 473. The Balaban J connectivity index is 2.31. The lowest BCUT2D eigenvalue weighted by molar-refractivity contribution is 0.569. The number of piperidine rings is 1. The minimum Gasteiger partial charge on any atom is -0.352 e. The number of aryl methyl sites for hydroxylation is 1. The van der Waals surface area contributed by atoms with Crippen LogP contribution in [-0.4, -0.2) is 28.6 Å². The van der Waals surface area contributed by atoms with Crippen LogP contribution in [0.3, 0.4) is 0 Å². The van der Waals surface area contributed by atoms with Gasteiger partial charge in [-0.15, -0.1) is 3.89 Å². The number of nitrogens with two attached hydrogens (primary N) is 1. The second-order valence-electron chi connectivity index (χ2n) is 4.70. The number of hydrogen-bond donors (Lipinski definition) is 1. The molecule has 2 N–H and O–H groups in total. The second kappa shape index (κ2) is 6.91. The average molecular weight is 286 g/mol. The number of rotatable bonds is 5. The maximum absolute atomic E-state index is 12.8. The number of aromatic nitrogens is 2. The van der Waals surface area contributed by atoms with E-state index >= 15 is 0 Å². The minimum absolute atomic E-state index is 0.0725. The van der Waals surface area contributed by atoms with Crippen LogP contribution >= 0.6 is 12.3 Å². The molecule has 1 aromatic heterocycles. The van der Waals surface area contributed by atoms with Crippen LogP contribution < -0.4 is 16.2 Å². The van der Waals surface area contributed by atoms with E-state index in [1.54, 1.807) is 0 Å². The van der Waals surface area contributed by atoms with Crippen LogP contribution in [0.15, 0.2) is 11.0 Å². The van der Waals surface area contributed by atoms with Gasteiger partial charge in [-0.1, -0.05) is 0 Å². The first kappa shape index (κ1) is 14.3. The molecule has 0 aliphatic carbocycles. The van der Waals surface area contributed by atoms with Crippen LogP contribution in [-0.2, 0) is 6.42 Å². The second-order valence-corrected chi connectivity index (χ2v) is 5.23. The molecule has 2 rings (SSSR count). The molecular weight excluding hydrogens is 267 g/mol. The van der Waals surface area contributed by atoms with Crippen molar-refractivity contribution in [3.05, 3.63) is 22.2 Å². The van der Waals surface area contributed by atoms with E-state index in [4.69, 9.17) is 5.73 Å². The highest BCUT2D eigenvalue weighted by atomic mass is 32.2. The number of anilines is 1. The fourth-order valence-electron chi connectivity index (χ4n) is 2.27. The van der Waals surface area contributed by atoms with Crippen molar-refractivity contribution in [2.75, 3.05) is 24.5 Å². The van der Waals surface area contributed by atoms with Crippen LogP contribution in [0.4, 0.5) is 9.70 Å². The summed E-state index contributed by atoms with van der Waals surface area (Å²) >= 11 is -0.0725. The van der Waals surface area contributed by atoms with Gasteiger partial charge in [0.15, 0.2) is 18.2 Å². The maximum Gasteiger partial charge on any atom is 0.305 e. The van der Waals surface area contributed by atoms with Gasteiger partial charge in [0, 0.05) is 19.3 Å². The van der Waals surface area contributed by atoms with Crippen LogP contribution in [0.5, 0.6) is 0 Å². The van der Waals surface area contributed by atoms with E-state index < -0.39 is 0 Å². The number of hydrogen-bond acceptors (Lipinski definition) is 5. The molecule has 1 aliphatic heterocycles. The van der Waals surface area contributed by atoms with Gasteiger partial charge in [-0.3, -0.25) is 4.79 Å². The molecule has 106 valence electrons. The maximum atomic E-state index is 12.8. The molecule has 19 heavy (non-hydrogen) atoms. The van der Waals surface area contributed by atoms with Gasteiger partial charge in [-0.2, -0.15) is 0 Å². The molecule has 0 unspecified atom stereocenters. The van der Waals surface area contributed by atoms with Gasteiger partial charge in [0.1, 0.15) is 0 Å². The molecule has 0 saturated carbocycles. The van der Waals surface area contributed by atoms with Crippen molar-refractivity contribution < 1.29 is 3.89 Å². The Morgan fingerprint density at radius 1 is 1.37 bits per heavy atom. The van der Waals surface area contributed by atoms with Crippen LogP contribution in [0.25, 0.3) is 0 Å². The van der Waals surface area contributed by atoms with Gasteiger partial charge < -0.3 is 10.6 Å². The van der Waals surface area contributed by atoms with E-state index in [0.717, 1.165) is 42.0 Å². The standard InChI is InChI=1S/C12H19FN4OS/c13-19-17-9-10(5-4-6-14)15-11(12(17)18)16-7-2-1-3-8-16/h9H,1-8,14H2. The fraction of sp³-hybridized carbons (Fsp3) is 0.667. The topological polar surface area (TPSA) is 64.2 Å². The molecule has 1 fully saturated rings. The highest BCUT2D eigenvalue weighted by Gasteiger charge is 2.18. The highest BCUT2D eigenvalue weighted by molar-refractivity contribution is 7.92. The predicted molar refractivity (Wildman–Crippen MR) is 76.0 cm³/mol. The van der Waals surface area contributed by atoms with E-state index in [1.807, 2.05) is 4.90 Å². The summed E-state index contributed by atoms with van der Waals surface area (Å²) in [5.74, 6) is 0.374. The van der Waals surface area contributed by atoms with Gasteiger partial charge in [-0.25, -0.2) is 8.96 Å². The van der Waals surface area contributed by atoms with Crippen molar-refractivity contribution in [3.63, 3.8) is 0 Å². The van der Waals surface area contributed by atoms with Crippen molar-refractivity contribution in [2.45, 2.75) is 32.1 Å². The van der Waals surface area contributed by atoms with E-state index in [0.29, 0.717) is 18.8 Å². The largest absolute Gasteiger partial charge is 0.352 e. The zero-order valence-corrected chi connectivity index (χ0v) is 11.7. The molecule has 0 atom stereocenters. The molecule has 0 radical (unpaired) electrons. The van der Waals surface area contributed by atoms with Crippen LogP contribution in [0.1, 0.15) is 31.4 Å². The molecule has 5 nitrogen and oxygen atoms in total. The Morgan fingerprint density at radius 2 is 2.11 bits per heavy atom. The van der Waals surface area contributed by atoms with Crippen molar-refractivity contribution in [2.24, 2.45) is 5.73 Å². The molecule has 0 amide bonds. The quantitative estimate of drug-likeness (QED) is 0.889. The molecule has 7 heteroatoms. The third-order valence-corrected chi connectivity index (χ3v) is 3.69. The zero-order chi connectivity index (χ0) is 13.7. The average Bonchev–Trinajstić information content (AvgIpc) is 2.47. The molecule has 0 aromatic carbocycles. The normalized spacial score (nSPS) is 15.8. The zero-order valence-electron chi connectivity index (χ0n) is 10.8. The van der Waals surface area contributed by atoms with Gasteiger partial charge in [0.2, 0.25) is 0 Å². The Labute approximate surface area is 116 Å². The summed E-state index contributed by atoms with van der Waals surface area (Å²) in [7, 11) is 0. The Kier molecular flexibility index (Phi) is 5.21. The fourth-order valence-corrected chi connectivity index (χ4v) is 2.58. The smallest absolute Gasteiger partial charge is 0.305 e. The lowest BCUT2D eigenvalue weighted by atomic mass is 10.1. The number of halogens is 1. The molecule has 0 bridgehead atoms. The summed E-state index contributed by atoms with van der Waals surface area (Å²) < 4.78 is 13.9. The molecule has 1 aliphatic rings. The highest BCUT2D eigenvalue weighted by Crippen LogP contribution is 2.16. The first-order valence-corrected chi connectivity index (χ1v) is 7.30. The summed E-state index contributed by atoms with van der Waals surface area (Å²) in [5.41, 5.74) is 5.82. The minimum atomic E-state index is -0.370. The first-order valence-electron chi connectivity index (χ1n) is 6.63. The van der Waals surface area contributed by atoms with Gasteiger partial charge in [0.25, 0.3) is 0 Å². The SMILES string of the molecule is NCCCc1cn(SF)c(=O)c(N2CCCCC2)n1. The summed E-state index contributed by atoms with van der Waals surface area (Å²) in [5, 5.41) is 0. The van der Waals surface area contributed by atoms with E-state index in [-0.39, 0.29) is 17.9 Å². The molecular formula is C12H19FN4OS. The molecule has 1 aromatic rings. The monoisotopic (exact) mass is 286 g/mol. The lowest BCUT2D eigenvalue weighted by Crippen LogP contribution is -2.36. The van der Waals surface area contributed by atoms with Gasteiger partial charge in [-0.05, 0) is 38.6 Å². The van der Waals surface area contributed by atoms with E-state index in [1.165, 1.54) is 12.6 Å². The van der Waals surface area contributed by atoms with Crippen molar-refractivity contribution in [1.82, 2.24) is 8.96 Å². The summed E-state index contributed by atoms with van der Waals surface area (Å²) in [4.78, 5) is 18.5. The third kappa shape index (κ3) is 3.48. The lowest BCUT2D eigenvalue weighted by Gasteiger charge is -2.27. The van der Waals surface area contributed by atoms with Crippen LogP contribution in [0, 0.1) is 0 Å². The molecule has 2 heterocycles.